The number of imide groups is 1. The number of amides is 2. The Bertz CT molecular complexity index is 1180. The maximum Gasteiger partial charge on any atom is 0.307 e. The van der Waals surface area contributed by atoms with Crippen molar-refractivity contribution in [1.82, 2.24) is 9.80 Å². The highest BCUT2D eigenvalue weighted by atomic mass is 35.5. The van der Waals surface area contributed by atoms with Crippen molar-refractivity contribution < 1.29 is 24.2 Å². The molecule has 38 heavy (non-hydrogen) atoms. The van der Waals surface area contributed by atoms with Gasteiger partial charge >= 0.3 is 5.97 Å². The Balaban J connectivity index is 1.49. The third kappa shape index (κ3) is 6.05. The Morgan fingerprint density at radius 3 is 2.37 bits per heavy atom. The molecule has 2 amide bonds. The highest BCUT2D eigenvalue weighted by molar-refractivity contribution is 6.30. The van der Waals surface area contributed by atoms with Crippen LogP contribution in [0.5, 0.6) is 5.75 Å². The van der Waals surface area contributed by atoms with Gasteiger partial charge in [0.2, 0.25) is 11.8 Å². The lowest BCUT2D eigenvalue weighted by molar-refractivity contribution is -0.140. The van der Waals surface area contributed by atoms with Crippen molar-refractivity contribution in [3.63, 3.8) is 0 Å². The smallest absolute Gasteiger partial charge is 0.307 e. The molecule has 0 aromatic heterocycles. The number of ether oxygens (including phenoxy) is 1. The molecule has 7 nitrogen and oxygen atoms in total. The lowest BCUT2D eigenvalue weighted by Crippen LogP contribution is -2.33. The van der Waals surface area contributed by atoms with Gasteiger partial charge < -0.3 is 9.84 Å². The van der Waals surface area contributed by atoms with Crippen molar-refractivity contribution >= 4 is 29.4 Å². The second kappa shape index (κ2) is 11.5. The third-order valence-corrected chi connectivity index (χ3v) is 8.43. The van der Waals surface area contributed by atoms with Crippen LogP contribution in [0, 0.1) is 24.2 Å². The van der Waals surface area contributed by atoms with Gasteiger partial charge in [-0.05, 0) is 59.6 Å². The summed E-state index contributed by atoms with van der Waals surface area (Å²) in [5.41, 5.74) is 2.99. The molecule has 1 aliphatic carbocycles. The first-order chi connectivity index (χ1) is 18.0. The van der Waals surface area contributed by atoms with Crippen LogP contribution < -0.4 is 4.74 Å². The molecule has 204 valence electrons. The maximum absolute atomic E-state index is 11.9. The monoisotopic (exact) mass is 540 g/mol. The SMILES string of the molecule is CCC(c1ccc(Cl)cc1)N(Cc1ccc(OCCN2C(=O)CCC2=O)c(C)c1)C[C@@H]1C(C(=O)O)C1(C)C. The summed E-state index contributed by atoms with van der Waals surface area (Å²) in [5.74, 6) is -0.560. The van der Waals surface area contributed by atoms with Gasteiger partial charge in [-0.25, -0.2) is 0 Å². The first-order valence-corrected chi connectivity index (χ1v) is 13.7. The van der Waals surface area contributed by atoms with Crippen molar-refractivity contribution in [2.24, 2.45) is 17.3 Å². The molecular weight excluding hydrogens is 504 g/mol. The normalized spacial score (nSPS) is 21.2. The summed E-state index contributed by atoms with van der Waals surface area (Å²) >= 11 is 6.15. The molecule has 0 bridgehead atoms. The van der Waals surface area contributed by atoms with Crippen molar-refractivity contribution in [1.29, 1.82) is 0 Å². The summed E-state index contributed by atoms with van der Waals surface area (Å²) in [6.07, 6.45) is 1.44. The highest BCUT2D eigenvalue weighted by Crippen LogP contribution is 2.59. The molecule has 0 radical (unpaired) electrons. The predicted octanol–water partition coefficient (Wildman–Crippen LogP) is 5.49. The van der Waals surface area contributed by atoms with E-state index in [2.05, 4.69) is 17.9 Å². The van der Waals surface area contributed by atoms with Gasteiger partial charge in [0, 0.05) is 37.0 Å². The average Bonchev–Trinajstić information content (AvgIpc) is 3.26. The summed E-state index contributed by atoms with van der Waals surface area (Å²) in [7, 11) is 0. The van der Waals surface area contributed by atoms with E-state index in [1.165, 1.54) is 4.90 Å². The minimum Gasteiger partial charge on any atom is -0.491 e. The molecule has 2 aliphatic rings. The fourth-order valence-corrected chi connectivity index (χ4v) is 5.97. The van der Waals surface area contributed by atoms with E-state index in [1.54, 1.807) is 0 Å². The summed E-state index contributed by atoms with van der Waals surface area (Å²) in [6.45, 7) is 10.1. The zero-order valence-corrected chi connectivity index (χ0v) is 23.3. The first kappa shape index (κ1) is 28.1. The van der Waals surface area contributed by atoms with E-state index < -0.39 is 5.97 Å². The number of hydrogen-bond acceptors (Lipinski definition) is 5. The largest absolute Gasteiger partial charge is 0.491 e. The average molecular weight is 541 g/mol. The summed E-state index contributed by atoms with van der Waals surface area (Å²) in [4.78, 5) is 39.2. The number of aryl methyl sites for hydroxylation is 1. The van der Waals surface area contributed by atoms with Gasteiger partial charge in [-0.2, -0.15) is 0 Å². The van der Waals surface area contributed by atoms with Crippen LogP contribution in [0.3, 0.4) is 0 Å². The molecule has 2 fully saturated rings. The van der Waals surface area contributed by atoms with Crippen LogP contribution >= 0.6 is 11.6 Å². The highest BCUT2D eigenvalue weighted by Gasteiger charge is 2.62. The van der Waals surface area contributed by atoms with Gasteiger partial charge in [-0.3, -0.25) is 24.2 Å². The summed E-state index contributed by atoms with van der Waals surface area (Å²) < 4.78 is 5.91. The number of halogens is 1. The summed E-state index contributed by atoms with van der Waals surface area (Å²) in [6, 6.07) is 14.1. The van der Waals surface area contributed by atoms with Crippen molar-refractivity contribution in [2.75, 3.05) is 19.7 Å². The molecule has 1 saturated heterocycles. The van der Waals surface area contributed by atoms with Crippen LogP contribution in [0.2, 0.25) is 5.02 Å². The van der Waals surface area contributed by atoms with E-state index in [4.69, 9.17) is 16.3 Å². The quantitative estimate of drug-likeness (QED) is 0.358. The van der Waals surface area contributed by atoms with E-state index in [9.17, 15) is 19.5 Å². The Morgan fingerprint density at radius 1 is 1.16 bits per heavy atom. The number of aliphatic carboxylic acids is 1. The van der Waals surface area contributed by atoms with Crippen molar-refractivity contribution in [2.45, 2.75) is 59.5 Å². The van der Waals surface area contributed by atoms with Crippen LogP contribution in [0.4, 0.5) is 0 Å². The molecule has 1 N–H and O–H groups in total. The number of benzene rings is 2. The Morgan fingerprint density at radius 2 is 1.82 bits per heavy atom. The second-order valence-electron chi connectivity index (χ2n) is 11.0. The fourth-order valence-electron chi connectivity index (χ4n) is 5.84. The number of nitrogens with zero attached hydrogens (tertiary/aromatic N) is 2. The van der Waals surface area contributed by atoms with E-state index in [0.29, 0.717) is 18.1 Å². The maximum atomic E-state index is 11.9. The molecule has 2 aromatic rings. The second-order valence-corrected chi connectivity index (χ2v) is 11.5. The minimum absolute atomic E-state index is 0.0704. The molecule has 0 spiro atoms. The Kier molecular flexibility index (Phi) is 8.48. The van der Waals surface area contributed by atoms with E-state index >= 15 is 0 Å². The van der Waals surface area contributed by atoms with Crippen molar-refractivity contribution in [3.8, 4) is 5.75 Å². The molecule has 4 rings (SSSR count). The van der Waals surface area contributed by atoms with Gasteiger partial charge in [0.1, 0.15) is 12.4 Å². The summed E-state index contributed by atoms with van der Waals surface area (Å²) in [5, 5.41) is 10.4. The lowest BCUT2D eigenvalue weighted by atomic mass is 10.00. The molecule has 2 unspecified atom stereocenters. The third-order valence-electron chi connectivity index (χ3n) is 8.18. The molecule has 1 saturated carbocycles. The Labute approximate surface area is 229 Å². The van der Waals surface area contributed by atoms with Crippen LogP contribution in [0.15, 0.2) is 42.5 Å². The fraction of sp³-hybridized carbons (Fsp3) is 0.500. The number of likely N-dealkylation sites (tertiary alicyclic amines) is 1. The van der Waals surface area contributed by atoms with Crippen LogP contribution in [-0.4, -0.2) is 52.4 Å². The van der Waals surface area contributed by atoms with Crippen LogP contribution in [-0.2, 0) is 20.9 Å². The standard InChI is InChI=1S/C30H37ClN2O5/c1-5-24(21-7-9-22(31)10-8-21)32(18-23-28(29(36)37)30(23,3)4)17-20-6-11-25(19(2)16-20)38-15-14-33-26(34)12-13-27(33)35/h6-11,16,23-24,28H,5,12-15,17-18H2,1-4H3,(H,36,37)/t23-,24?,28?/m1/s1. The number of carbonyl (C=O) groups excluding carboxylic acids is 2. The van der Waals surface area contributed by atoms with Gasteiger partial charge in [-0.15, -0.1) is 0 Å². The van der Waals surface area contributed by atoms with Crippen molar-refractivity contribution in [3.05, 3.63) is 64.2 Å². The van der Waals surface area contributed by atoms with Gasteiger partial charge in [0.05, 0.1) is 12.5 Å². The van der Waals surface area contributed by atoms with E-state index in [0.717, 1.165) is 28.9 Å². The van der Waals surface area contributed by atoms with E-state index in [-0.39, 0.29) is 61.1 Å². The minimum atomic E-state index is -0.728. The molecule has 2 aromatic carbocycles. The molecule has 1 heterocycles. The van der Waals surface area contributed by atoms with Crippen LogP contribution in [0.25, 0.3) is 0 Å². The van der Waals surface area contributed by atoms with Crippen LogP contribution in [0.1, 0.15) is 62.8 Å². The molecule has 3 atom stereocenters. The first-order valence-electron chi connectivity index (χ1n) is 13.3. The number of carboxylic acids is 1. The number of carboxylic acid groups (broad SMARTS) is 1. The zero-order chi connectivity index (χ0) is 27.6. The number of rotatable bonds is 12. The van der Waals surface area contributed by atoms with Gasteiger partial charge in [0.15, 0.2) is 0 Å². The zero-order valence-electron chi connectivity index (χ0n) is 22.6. The molecule has 8 heteroatoms. The Hall–Kier alpha value is -2.90. The van der Waals surface area contributed by atoms with Gasteiger partial charge in [-0.1, -0.05) is 56.6 Å². The predicted molar refractivity (Wildman–Crippen MR) is 146 cm³/mol. The van der Waals surface area contributed by atoms with E-state index in [1.807, 2.05) is 57.2 Å². The number of hydrogen-bond donors (Lipinski definition) is 1. The van der Waals surface area contributed by atoms with Gasteiger partial charge in [0.25, 0.3) is 0 Å². The molecule has 1 aliphatic heterocycles. The lowest BCUT2D eigenvalue weighted by Gasteiger charge is -2.32. The topological polar surface area (TPSA) is 87.2 Å². The number of carbonyl (C=O) groups is 3. The molecular formula is C30H37ClN2O5.